The Morgan fingerprint density at radius 1 is 1.65 bits per heavy atom. The first kappa shape index (κ1) is 13.8. The zero-order chi connectivity index (χ0) is 12.7. The van der Waals surface area contributed by atoms with E-state index in [0.717, 1.165) is 12.2 Å². The molecule has 1 heterocycles. The van der Waals surface area contributed by atoms with Crippen LogP contribution in [0, 0.1) is 0 Å². The SMILES string of the molecule is CSCCC(C)NC(=O)c1ccnc(NN)c1. The number of pyridine rings is 1. The first-order valence-corrected chi connectivity index (χ1v) is 6.79. The monoisotopic (exact) mass is 254 g/mol. The van der Waals surface area contributed by atoms with Crippen molar-refractivity contribution in [1.82, 2.24) is 10.3 Å². The molecule has 0 saturated carbocycles. The van der Waals surface area contributed by atoms with Gasteiger partial charge < -0.3 is 10.7 Å². The summed E-state index contributed by atoms with van der Waals surface area (Å²) in [5, 5.41) is 2.93. The number of hydrazine groups is 1. The summed E-state index contributed by atoms with van der Waals surface area (Å²) in [6.45, 7) is 2.00. The number of carbonyl (C=O) groups excluding carboxylic acids is 1. The maximum atomic E-state index is 11.9. The molecule has 1 atom stereocenters. The summed E-state index contributed by atoms with van der Waals surface area (Å²) >= 11 is 1.77. The van der Waals surface area contributed by atoms with Crippen LogP contribution in [0.15, 0.2) is 18.3 Å². The van der Waals surface area contributed by atoms with Crippen LogP contribution in [-0.2, 0) is 0 Å². The van der Waals surface area contributed by atoms with E-state index < -0.39 is 0 Å². The third-order valence-corrected chi connectivity index (χ3v) is 2.95. The van der Waals surface area contributed by atoms with Gasteiger partial charge in [-0.1, -0.05) is 0 Å². The highest BCUT2D eigenvalue weighted by Crippen LogP contribution is 2.06. The molecule has 17 heavy (non-hydrogen) atoms. The molecule has 0 radical (unpaired) electrons. The molecule has 1 amide bonds. The topological polar surface area (TPSA) is 80.0 Å². The number of carbonyl (C=O) groups is 1. The minimum absolute atomic E-state index is 0.0995. The van der Waals surface area contributed by atoms with Gasteiger partial charge in [-0.05, 0) is 37.5 Å². The molecular weight excluding hydrogens is 236 g/mol. The van der Waals surface area contributed by atoms with Crippen molar-refractivity contribution in [2.24, 2.45) is 5.84 Å². The van der Waals surface area contributed by atoms with Crippen LogP contribution in [0.5, 0.6) is 0 Å². The molecular formula is C11H18N4OS. The Morgan fingerprint density at radius 3 is 3.06 bits per heavy atom. The van der Waals surface area contributed by atoms with Crippen molar-refractivity contribution >= 4 is 23.5 Å². The van der Waals surface area contributed by atoms with Crippen LogP contribution >= 0.6 is 11.8 Å². The number of rotatable bonds is 6. The number of nitrogens with two attached hydrogens (primary N) is 1. The van der Waals surface area contributed by atoms with Crippen LogP contribution in [0.4, 0.5) is 5.82 Å². The predicted octanol–water partition coefficient (Wildman–Crippen LogP) is 1.24. The van der Waals surface area contributed by atoms with E-state index in [1.165, 1.54) is 0 Å². The number of hydrogen-bond acceptors (Lipinski definition) is 5. The van der Waals surface area contributed by atoms with Gasteiger partial charge in [0.05, 0.1) is 0 Å². The Balaban J connectivity index is 2.56. The minimum atomic E-state index is -0.0995. The maximum absolute atomic E-state index is 11.9. The second kappa shape index (κ2) is 7.13. The van der Waals surface area contributed by atoms with E-state index in [-0.39, 0.29) is 11.9 Å². The molecule has 1 aromatic rings. The van der Waals surface area contributed by atoms with Crippen LogP contribution in [0.1, 0.15) is 23.7 Å². The standard InChI is InChI=1S/C11H18N4OS/c1-8(4-6-17-2)14-11(16)9-3-5-13-10(7-9)15-12/h3,5,7-8H,4,6,12H2,1-2H3,(H,13,15)(H,14,16). The van der Waals surface area contributed by atoms with Gasteiger partial charge in [0.2, 0.25) is 0 Å². The Hall–Kier alpha value is -1.27. The van der Waals surface area contributed by atoms with E-state index in [1.807, 2.05) is 6.92 Å². The third-order valence-electron chi connectivity index (χ3n) is 2.30. The molecule has 0 aliphatic heterocycles. The second-order valence-electron chi connectivity index (χ2n) is 3.73. The Morgan fingerprint density at radius 2 is 2.41 bits per heavy atom. The molecule has 0 fully saturated rings. The fraction of sp³-hybridized carbons (Fsp3) is 0.455. The summed E-state index contributed by atoms with van der Waals surface area (Å²) in [6, 6.07) is 3.45. The van der Waals surface area contributed by atoms with Crippen molar-refractivity contribution in [3.05, 3.63) is 23.9 Å². The molecule has 0 aromatic carbocycles. The van der Waals surface area contributed by atoms with Crippen LogP contribution < -0.4 is 16.6 Å². The van der Waals surface area contributed by atoms with Gasteiger partial charge in [-0.15, -0.1) is 0 Å². The average molecular weight is 254 g/mol. The van der Waals surface area contributed by atoms with Crippen molar-refractivity contribution in [3.63, 3.8) is 0 Å². The average Bonchev–Trinajstić information content (AvgIpc) is 2.36. The van der Waals surface area contributed by atoms with Gasteiger partial charge in [-0.2, -0.15) is 11.8 Å². The molecule has 4 N–H and O–H groups in total. The van der Waals surface area contributed by atoms with Gasteiger partial charge in [0.1, 0.15) is 5.82 Å². The lowest BCUT2D eigenvalue weighted by atomic mass is 10.2. The van der Waals surface area contributed by atoms with E-state index in [2.05, 4.69) is 22.0 Å². The first-order valence-electron chi connectivity index (χ1n) is 5.40. The normalized spacial score (nSPS) is 11.9. The van der Waals surface area contributed by atoms with E-state index in [4.69, 9.17) is 5.84 Å². The summed E-state index contributed by atoms with van der Waals surface area (Å²) in [5.74, 6) is 6.66. The van der Waals surface area contributed by atoms with Gasteiger partial charge in [0.25, 0.3) is 5.91 Å². The Labute approximate surface area is 106 Å². The fourth-order valence-electron chi connectivity index (χ4n) is 1.32. The number of thioether (sulfide) groups is 1. The first-order chi connectivity index (χ1) is 8.17. The molecule has 1 aromatic heterocycles. The van der Waals surface area contributed by atoms with Crippen LogP contribution in [0.2, 0.25) is 0 Å². The zero-order valence-electron chi connectivity index (χ0n) is 10.1. The summed E-state index contributed by atoms with van der Waals surface area (Å²) in [6.07, 6.45) is 4.56. The number of aromatic nitrogens is 1. The Bertz CT molecular complexity index is 372. The highest BCUT2D eigenvalue weighted by Gasteiger charge is 2.10. The van der Waals surface area contributed by atoms with Gasteiger partial charge in [-0.25, -0.2) is 10.8 Å². The van der Waals surface area contributed by atoms with Gasteiger partial charge in [0.15, 0.2) is 0 Å². The van der Waals surface area contributed by atoms with Gasteiger partial charge >= 0.3 is 0 Å². The number of amides is 1. The molecule has 0 aliphatic carbocycles. The lowest BCUT2D eigenvalue weighted by Crippen LogP contribution is -2.33. The summed E-state index contributed by atoms with van der Waals surface area (Å²) in [4.78, 5) is 15.8. The summed E-state index contributed by atoms with van der Waals surface area (Å²) < 4.78 is 0. The second-order valence-corrected chi connectivity index (χ2v) is 4.72. The van der Waals surface area contributed by atoms with E-state index in [1.54, 1.807) is 30.1 Å². The Kier molecular flexibility index (Phi) is 5.79. The van der Waals surface area contributed by atoms with E-state index in [0.29, 0.717) is 11.4 Å². The number of nitrogen functional groups attached to an aromatic ring is 1. The maximum Gasteiger partial charge on any atom is 0.251 e. The highest BCUT2D eigenvalue weighted by molar-refractivity contribution is 7.98. The zero-order valence-corrected chi connectivity index (χ0v) is 10.9. The predicted molar refractivity (Wildman–Crippen MR) is 72.0 cm³/mol. The quantitative estimate of drug-likeness (QED) is 0.526. The number of nitrogens with one attached hydrogen (secondary N) is 2. The van der Waals surface area contributed by atoms with E-state index in [9.17, 15) is 4.79 Å². The molecule has 6 heteroatoms. The molecule has 5 nitrogen and oxygen atoms in total. The number of anilines is 1. The minimum Gasteiger partial charge on any atom is -0.350 e. The molecule has 0 aliphatic rings. The highest BCUT2D eigenvalue weighted by atomic mass is 32.2. The summed E-state index contributed by atoms with van der Waals surface area (Å²) in [7, 11) is 0. The van der Waals surface area contributed by atoms with Crippen molar-refractivity contribution in [2.75, 3.05) is 17.4 Å². The van der Waals surface area contributed by atoms with Crippen molar-refractivity contribution in [2.45, 2.75) is 19.4 Å². The van der Waals surface area contributed by atoms with Crippen molar-refractivity contribution in [3.8, 4) is 0 Å². The lowest BCUT2D eigenvalue weighted by molar-refractivity contribution is 0.0939. The van der Waals surface area contributed by atoms with Crippen LogP contribution in [-0.4, -0.2) is 28.9 Å². The van der Waals surface area contributed by atoms with Gasteiger partial charge in [0, 0.05) is 17.8 Å². The van der Waals surface area contributed by atoms with E-state index >= 15 is 0 Å². The molecule has 0 spiro atoms. The molecule has 0 bridgehead atoms. The largest absolute Gasteiger partial charge is 0.350 e. The molecule has 94 valence electrons. The fourth-order valence-corrected chi connectivity index (χ4v) is 1.91. The summed E-state index contributed by atoms with van der Waals surface area (Å²) in [5.41, 5.74) is 2.97. The third kappa shape index (κ3) is 4.62. The van der Waals surface area contributed by atoms with Crippen LogP contribution in [0.25, 0.3) is 0 Å². The molecule has 0 saturated heterocycles. The van der Waals surface area contributed by atoms with Crippen molar-refractivity contribution in [1.29, 1.82) is 0 Å². The number of hydrogen-bond donors (Lipinski definition) is 3. The van der Waals surface area contributed by atoms with Gasteiger partial charge in [-0.3, -0.25) is 4.79 Å². The molecule has 1 rings (SSSR count). The lowest BCUT2D eigenvalue weighted by Gasteiger charge is -2.13. The smallest absolute Gasteiger partial charge is 0.251 e. The van der Waals surface area contributed by atoms with Crippen LogP contribution in [0.3, 0.4) is 0 Å². The number of nitrogens with zero attached hydrogens (tertiary/aromatic N) is 1. The molecule has 1 unspecified atom stereocenters. The van der Waals surface area contributed by atoms with Crippen molar-refractivity contribution < 1.29 is 4.79 Å².